The molecule has 1 saturated carbocycles. The highest BCUT2D eigenvalue weighted by molar-refractivity contribution is 7.17. The van der Waals surface area contributed by atoms with Gasteiger partial charge in [-0.2, -0.15) is 11.3 Å². The Morgan fingerprint density at radius 2 is 2.36 bits per heavy atom. The molecule has 4 rings (SSSR count). The molecule has 0 radical (unpaired) electrons. The smallest absolute Gasteiger partial charge is 0.266 e. The van der Waals surface area contributed by atoms with E-state index in [-0.39, 0.29) is 18.1 Å². The van der Waals surface area contributed by atoms with Crippen LogP contribution in [-0.2, 0) is 4.74 Å². The molecule has 2 fully saturated rings. The largest absolute Gasteiger partial charge is 0.374 e. The van der Waals surface area contributed by atoms with E-state index in [1.165, 1.54) is 11.3 Å². The Morgan fingerprint density at radius 1 is 1.45 bits per heavy atom. The van der Waals surface area contributed by atoms with Gasteiger partial charge in [-0.15, -0.1) is 11.3 Å². The summed E-state index contributed by atoms with van der Waals surface area (Å²) < 4.78 is 5.81. The van der Waals surface area contributed by atoms with Crippen molar-refractivity contribution in [2.75, 3.05) is 13.2 Å². The first kappa shape index (κ1) is 14.4. The van der Waals surface area contributed by atoms with Crippen molar-refractivity contribution < 1.29 is 9.53 Å². The van der Waals surface area contributed by atoms with Gasteiger partial charge < -0.3 is 9.64 Å². The van der Waals surface area contributed by atoms with E-state index in [4.69, 9.17) is 4.74 Å². The van der Waals surface area contributed by atoms with Crippen molar-refractivity contribution in [2.24, 2.45) is 0 Å². The number of thiazole rings is 1. The van der Waals surface area contributed by atoms with E-state index in [2.05, 4.69) is 16.4 Å². The van der Waals surface area contributed by atoms with Crippen LogP contribution in [0.5, 0.6) is 0 Å². The SMILES string of the molecule is Cc1nc(-c2ccsc2)sc1C(=O)N1CCO[C@H]2CCC[C@H]21. The molecule has 1 aliphatic carbocycles. The molecule has 1 aliphatic heterocycles. The summed E-state index contributed by atoms with van der Waals surface area (Å²) >= 11 is 3.17. The number of morpholine rings is 1. The summed E-state index contributed by atoms with van der Waals surface area (Å²) in [6.45, 7) is 3.29. The molecule has 1 saturated heterocycles. The van der Waals surface area contributed by atoms with Gasteiger partial charge in [0.1, 0.15) is 9.88 Å². The van der Waals surface area contributed by atoms with Crippen LogP contribution in [0, 0.1) is 6.92 Å². The number of aryl methyl sites for hydroxylation is 1. The lowest BCUT2D eigenvalue weighted by Gasteiger charge is -2.37. The second-order valence-electron chi connectivity index (χ2n) is 5.85. The van der Waals surface area contributed by atoms with Gasteiger partial charge in [-0.05, 0) is 37.6 Å². The van der Waals surface area contributed by atoms with Gasteiger partial charge in [0.05, 0.1) is 24.4 Å². The minimum atomic E-state index is 0.136. The van der Waals surface area contributed by atoms with Gasteiger partial charge in [0.2, 0.25) is 0 Å². The minimum Gasteiger partial charge on any atom is -0.374 e. The molecule has 2 atom stereocenters. The van der Waals surface area contributed by atoms with E-state index in [1.54, 1.807) is 11.3 Å². The third-order valence-corrected chi connectivity index (χ3v) is 6.38. The van der Waals surface area contributed by atoms with Crippen LogP contribution in [0.3, 0.4) is 0 Å². The average molecular weight is 334 g/mol. The number of thiophene rings is 1. The van der Waals surface area contributed by atoms with Crippen molar-refractivity contribution in [3.05, 3.63) is 27.4 Å². The summed E-state index contributed by atoms with van der Waals surface area (Å²) in [5, 5.41) is 5.06. The summed E-state index contributed by atoms with van der Waals surface area (Å²) in [5.41, 5.74) is 1.95. The van der Waals surface area contributed by atoms with Crippen LogP contribution >= 0.6 is 22.7 Å². The summed E-state index contributed by atoms with van der Waals surface area (Å²) in [4.78, 5) is 20.4. The van der Waals surface area contributed by atoms with Crippen molar-refractivity contribution in [2.45, 2.75) is 38.3 Å². The molecule has 0 N–H and O–H groups in total. The monoisotopic (exact) mass is 334 g/mol. The third-order valence-electron chi connectivity index (χ3n) is 4.50. The Bertz CT molecular complexity index is 680. The fourth-order valence-electron chi connectivity index (χ4n) is 3.41. The fraction of sp³-hybridized carbons (Fsp3) is 0.500. The fourth-order valence-corrected chi connectivity index (χ4v) is 5.15. The van der Waals surface area contributed by atoms with Crippen molar-refractivity contribution >= 4 is 28.6 Å². The lowest BCUT2D eigenvalue weighted by atomic mass is 10.1. The Balaban J connectivity index is 1.62. The van der Waals surface area contributed by atoms with Gasteiger partial charge in [0.25, 0.3) is 5.91 Å². The Hall–Kier alpha value is -1.24. The number of amides is 1. The molecule has 0 bridgehead atoms. The molecule has 2 aromatic rings. The van der Waals surface area contributed by atoms with Crippen molar-refractivity contribution in [3.8, 4) is 10.6 Å². The van der Waals surface area contributed by atoms with Gasteiger partial charge in [0, 0.05) is 17.5 Å². The number of hydrogen-bond acceptors (Lipinski definition) is 5. The van der Waals surface area contributed by atoms with Gasteiger partial charge in [-0.3, -0.25) is 4.79 Å². The van der Waals surface area contributed by atoms with Crippen molar-refractivity contribution in [3.63, 3.8) is 0 Å². The molecule has 2 aromatic heterocycles. The van der Waals surface area contributed by atoms with Gasteiger partial charge in [-0.1, -0.05) is 0 Å². The van der Waals surface area contributed by atoms with E-state index in [0.717, 1.165) is 40.4 Å². The Morgan fingerprint density at radius 3 is 3.18 bits per heavy atom. The summed E-state index contributed by atoms with van der Waals surface area (Å²) in [5.74, 6) is 0.136. The second-order valence-corrected chi connectivity index (χ2v) is 7.63. The molecule has 3 heterocycles. The third kappa shape index (κ3) is 2.39. The van der Waals surface area contributed by atoms with E-state index in [0.29, 0.717) is 13.2 Å². The van der Waals surface area contributed by atoms with E-state index < -0.39 is 0 Å². The van der Waals surface area contributed by atoms with Gasteiger partial charge >= 0.3 is 0 Å². The molecule has 6 heteroatoms. The molecule has 22 heavy (non-hydrogen) atoms. The van der Waals surface area contributed by atoms with E-state index >= 15 is 0 Å². The number of nitrogens with zero attached hydrogens (tertiary/aromatic N) is 2. The molecule has 0 unspecified atom stereocenters. The number of hydrogen-bond donors (Lipinski definition) is 0. The van der Waals surface area contributed by atoms with Crippen LogP contribution in [0.2, 0.25) is 0 Å². The van der Waals surface area contributed by atoms with Crippen LogP contribution in [-0.4, -0.2) is 41.1 Å². The van der Waals surface area contributed by atoms with E-state index in [9.17, 15) is 4.79 Å². The molecule has 1 amide bonds. The highest BCUT2D eigenvalue weighted by Gasteiger charge is 2.39. The lowest BCUT2D eigenvalue weighted by molar-refractivity contribution is -0.0444. The molecule has 2 aliphatic rings. The zero-order valence-electron chi connectivity index (χ0n) is 12.4. The minimum absolute atomic E-state index is 0.136. The van der Waals surface area contributed by atoms with E-state index in [1.807, 2.05) is 17.2 Å². The highest BCUT2D eigenvalue weighted by Crippen LogP contribution is 2.34. The van der Waals surface area contributed by atoms with Gasteiger partial charge in [0.15, 0.2) is 0 Å². The molecular formula is C16H18N2O2S2. The normalized spacial score (nSPS) is 24.5. The zero-order valence-corrected chi connectivity index (χ0v) is 14.1. The molecule has 116 valence electrons. The van der Waals surface area contributed by atoms with Crippen LogP contribution in [0.15, 0.2) is 16.8 Å². The number of fused-ring (bicyclic) bond motifs is 1. The highest BCUT2D eigenvalue weighted by atomic mass is 32.1. The molecule has 0 spiro atoms. The number of rotatable bonds is 2. The Labute approximate surface area is 137 Å². The summed E-state index contributed by atoms with van der Waals surface area (Å²) in [7, 11) is 0. The number of ether oxygens (including phenoxy) is 1. The van der Waals surface area contributed by atoms with Crippen LogP contribution in [0.4, 0.5) is 0 Å². The molecular weight excluding hydrogens is 316 g/mol. The van der Waals surface area contributed by atoms with Crippen LogP contribution in [0.25, 0.3) is 10.6 Å². The second kappa shape index (κ2) is 5.76. The molecule has 4 nitrogen and oxygen atoms in total. The first-order chi connectivity index (χ1) is 10.7. The Kier molecular flexibility index (Phi) is 3.76. The predicted octanol–water partition coefficient (Wildman–Crippen LogP) is 3.57. The maximum absolute atomic E-state index is 13.0. The predicted molar refractivity (Wildman–Crippen MR) is 88.6 cm³/mol. The maximum Gasteiger partial charge on any atom is 0.266 e. The van der Waals surface area contributed by atoms with Crippen molar-refractivity contribution in [1.82, 2.24) is 9.88 Å². The van der Waals surface area contributed by atoms with Gasteiger partial charge in [-0.25, -0.2) is 4.98 Å². The first-order valence-corrected chi connectivity index (χ1v) is 9.42. The quantitative estimate of drug-likeness (QED) is 0.843. The first-order valence-electron chi connectivity index (χ1n) is 7.66. The standard InChI is InChI=1S/C16H18N2O2S2/c1-10-14(22-15(17-10)11-5-8-21-9-11)16(19)18-6-7-20-13-4-2-3-12(13)18/h5,8-9,12-13H,2-4,6-7H2,1H3/t12-,13+/m1/s1. The maximum atomic E-state index is 13.0. The number of carbonyl (C=O) groups is 1. The number of carbonyl (C=O) groups excluding carboxylic acids is 1. The topological polar surface area (TPSA) is 42.4 Å². The zero-order chi connectivity index (χ0) is 15.1. The number of aromatic nitrogens is 1. The summed E-state index contributed by atoms with van der Waals surface area (Å²) in [6, 6.07) is 2.31. The van der Waals surface area contributed by atoms with Crippen LogP contribution < -0.4 is 0 Å². The summed E-state index contributed by atoms with van der Waals surface area (Å²) in [6.07, 6.45) is 3.53. The molecule has 0 aromatic carbocycles. The lowest BCUT2D eigenvalue weighted by Crippen LogP contribution is -2.51. The average Bonchev–Trinajstić information content (AvgIpc) is 3.25. The van der Waals surface area contributed by atoms with Crippen LogP contribution in [0.1, 0.15) is 34.6 Å². The van der Waals surface area contributed by atoms with Crippen molar-refractivity contribution in [1.29, 1.82) is 0 Å².